The molecule has 1 aliphatic carbocycles. The number of carboxylic acids is 1. The number of aliphatic carboxylic acids is 1. The second-order valence-electron chi connectivity index (χ2n) is 9.48. The molecule has 4 aromatic rings. The number of carboxylic acid groups (broad SMARTS) is 1. The molecule has 3 aromatic carbocycles. The van der Waals surface area contributed by atoms with E-state index in [1.54, 1.807) is 24.3 Å². The van der Waals surface area contributed by atoms with Crippen LogP contribution < -0.4 is 9.84 Å². The largest absolute Gasteiger partial charge is 0.546 e. The van der Waals surface area contributed by atoms with Crippen LogP contribution in [0.5, 0.6) is 5.75 Å². The Morgan fingerprint density at radius 1 is 0.919 bits per heavy atom. The van der Waals surface area contributed by atoms with Crippen LogP contribution in [-0.4, -0.2) is 33.4 Å². The van der Waals surface area contributed by atoms with Gasteiger partial charge in [-0.2, -0.15) is 0 Å². The minimum absolute atomic E-state index is 0.000295. The van der Waals surface area contributed by atoms with Gasteiger partial charge >= 0.3 is 0 Å². The zero-order chi connectivity index (χ0) is 25.9. The van der Waals surface area contributed by atoms with Crippen molar-refractivity contribution in [2.75, 3.05) is 6.61 Å². The Kier molecular flexibility index (Phi) is 6.82. The van der Waals surface area contributed by atoms with Crippen molar-refractivity contribution >= 4 is 5.97 Å². The predicted octanol–water partition coefficient (Wildman–Crippen LogP) is 3.87. The fourth-order valence-corrected chi connectivity index (χ4v) is 5.14. The molecule has 37 heavy (non-hydrogen) atoms. The van der Waals surface area contributed by atoms with E-state index in [2.05, 4.69) is 0 Å². The summed E-state index contributed by atoms with van der Waals surface area (Å²) in [6, 6.07) is 25.9. The number of hydrogen-bond acceptors (Lipinski definition) is 7. The smallest absolute Gasteiger partial charge is 0.198 e. The van der Waals surface area contributed by atoms with Gasteiger partial charge in [0.1, 0.15) is 29.3 Å². The van der Waals surface area contributed by atoms with Gasteiger partial charge in [0, 0.05) is 11.1 Å². The van der Waals surface area contributed by atoms with Crippen LogP contribution in [0.2, 0.25) is 0 Å². The lowest BCUT2D eigenvalue weighted by Gasteiger charge is -2.47. The third kappa shape index (κ3) is 5.01. The Hall–Kier alpha value is -3.94. The third-order valence-corrected chi connectivity index (χ3v) is 7.02. The number of aromatic nitrogens is 1. The second-order valence-corrected chi connectivity index (χ2v) is 9.48. The minimum atomic E-state index is -1.61. The first-order valence-corrected chi connectivity index (χ1v) is 12.4. The number of oxazole rings is 1. The average Bonchev–Trinajstić information content (AvgIpc) is 3.34. The molecule has 1 fully saturated rings. The zero-order valence-corrected chi connectivity index (χ0v) is 20.3. The average molecular weight is 499 g/mol. The van der Waals surface area contributed by atoms with Crippen LogP contribution in [0, 0.1) is 0 Å². The van der Waals surface area contributed by atoms with Crippen molar-refractivity contribution in [3.63, 3.8) is 0 Å². The number of ether oxygens (including phenoxy) is 1. The zero-order valence-electron chi connectivity index (χ0n) is 20.3. The summed E-state index contributed by atoms with van der Waals surface area (Å²) in [4.78, 5) is 15.6. The lowest BCUT2D eigenvalue weighted by atomic mass is 9.66. The second kappa shape index (κ2) is 10.2. The molecule has 0 bridgehead atoms. The molecule has 2 N–H and O–H groups in total. The van der Waals surface area contributed by atoms with E-state index in [4.69, 9.17) is 14.1 Å². The first-order chi connectivity index (χ1) is 17.9. The number of rotatable bonds is 8. The number of carbonyl (C=O) groups excluding carboxylic acids is 1. The predicted molar refractivity (Wildman–Crippen MR) is 135 cm³/mol. The van der Waals surface area contributed by atoms with Crippen LogP contribution in [0.1, 0.15) is 37.1 Å². The Morgan fingerprint density at radius 2 is 1.59 bits per heavy atom. The van der Waals surface area contributed by atoms with E-state index >= 15 is 0 Å². The number of carbonyl (C=O) groups is 1. The molecule has 190 valence electrons. The Labute approximate surface area is 215 Å². The van der Waals surface area contributed by atoms with Gasteiger partial charge in [-0.15, -0.1) is 0 Å². The van der Waals surface area contributed by atoms with Gasteiger partial charge in [0.2, 0.25) is 0 Å². The van der Waals surface area contributed by atoms with Crippen LogP contribution >= 0.6 is 0 Å². The first kappa shape index (κ1) is 24.7. The molecule has 1 heterocycles. The summed E-state index contributed by atoms with van der Waals surface area (Å²) in [5.74, 6) is -0.144. The molecule has 0 spiro atoms. The van der Waals surface area contributed by atoms with Crippen LogP contribution in [0.3, 0.4) is 0 Å². The summed E-state index contributed by atoms with van der Waals surface area (Å²) in [6.45, 7) is -0.604. The van der Waals surface area contributed by atoms with Gasteiger partial charge in [-0.1, -0.05) is 85.6 Å². The summed E-state index contributed by atoms with van der Waals surface area (Å²) in [5, 5.41) is 34.7. The van der Waals surface area contributed by atoms with Gasteiger partial charge in [0.15, 0.2) is 11.7 Å². The van der Waals surface area contributed by atoms with Crippen molar-refractivity contribution in [1.82, 2.24) is 4.98 Å². The van der Waals surface area contributed by atoms with Crippen LogP contribution in [-0.2, 0) is 16.8 Å². The van der Waals surface area contributed by atoms with Crippen LogP contribution in [0.4, 0.5) is 0 Å². The molecule has 2 unspecified atom stereocenters. The van der Waals surface area contributed by atoms with E-state index in [0.29, 0.717) is 35.7 Å². The Balaban J connectivity index is 1.52. The molecule has 7 nitrogen and oxygen atoms in total. The maximum Gasteiger partial charge on any atom is 0.198 e. The van der Waals surface area contributed by atoms with Crippen molar-refractivity contribution in [2.45, 2.75) is 43.3 Å². The highest BCUT2D eigenvalue weighted by atomic mass is 16.5. The van der Waals surface area contributed by atoms with Gasteiger partial charge in [-0.3, -0.25) is 0 Å². The summed E-state index contributed by atoms with van der Waals surface area (Å²) >= 11 is 0. The van der Waals surface area contributed by atoms with Crippen molar-refractivity contribution in [2.24, 2.45) is 0 Å². The fourth-order valence-electron chi connectivity index (χ4n) is 5.14. The highest BCUT2D eigenvalue weighted by molar-refractivity contribution is 5.76. The minimum Gasteiger partial charge on any atom is -0.546 e. The molecule has 0 amide bonds. The standard InChI is InChI=1S/C30H29NO6/c32-26(33)20-36-24-15-9-14-23(18-24)30(35)17-8-7-16-29(30,34)19-25-31-27(21-10-3-1-4-11-21)28(37-25)22-12-5-2-6-13-22/h1-6,9-15,18,34-35H,7-8,16-17,19-20H2,(H,32,33)/p-1. The Morgan fingerprint density at radius 3 is 2.30 bits per heavy atom. The molecular weight excluding hydrogens is 470 g/mol. The number of nitrogens with zero attached hydrogens (tertiary/aromatic N) is 1. The van der Waals surface area contributed by atoms with Crippen molar-refractivity contribution in [3.8, 4) is 28.3 Å². The number of aliphatic hydroxyl groups is 2. The van der Waals surface area contributed by atoms with E-state index < -0.39 is 23.8 Å². The number of benzene rings is 3. The first-order valence-electron chi connectivity index (χ1n) is 12.4. The van der Waals surface area contributed by atoms with Crippen molar-refractivity contribution < 1.29 is 29.3 Å². The van der Waals surface area contributed by atoms with Gasteiger partial charge < -0.3 is 29.3 Å². The van der Waals surface area contributed by atoms with E-state index in [0.717, 1.165) is 24.0 Å². The van der Waals surface area contributed by atoms with Crippen molar-refractivity contribution in [1.29, 1.82) is 0 Å². The summed E-state index contributed by atoms with van der Waals surface area (Å²) in [6.07, 6.45) is 2.12. The maximum absolute atomic E-state index is 12.0. The summed E-state index contributed by atoms with van der Waals surface area (Å²) in [5.41, 5.74) is -0.305. The van der Waals surface area contributed by atoms with Gasteiger partial charge in [0.25, 0.3) is 0 Å². The fraction of sp³-hybridized carbons (Fsp3) is 0.267. The van der Waals surface area contributed by atoms with Gasteiger partial charge in [-0.05, 0) is 30.5 Å². The molecule has 7 heteroatoms. The normalized spacial score (nSPS) is 21.5. The monoisotopic (exact) mass is 498 g/mol. The van der Waals surface area contributed by atoms with Gasteiger partial charge in [0.05, 0.1) is 12.4 Å². The SMILES string of the molecule is O=C([O-])COc1cccc(C2(O)CCCCC2(O)Cc2nc(-c3ccccc3)c(-c3ccccc3)o2)c1. The highest BCUT2D eigenvalue weighted by Crippen LogP contribution is 2.47. The topological polar surface area (TPSA) is 116 Å². The Bertz CT molecular complexity index is 1310. The molecule has 2 atom stereocenters. The van der Waals surface area contributed by atoms with E-state index in [1.165, 1.54) is 0 Å². The van der Waals surface area contributed by atoms with E-state index in [9.17, 15) is 20.1 Å². The van der Waals surface area contributed by atoms with Crippen LogP contribution in [0.15, 0.2) is 89.3 Å². The molecule has 1 saturated carbocycles. The quantitative estimate of drug-likeness (QED) is 0.379. The van der Waals surface area contributed by atoms with Crippen molar-refractivity contribution in [3.05, 3.63) is 96.4 Å². The lowest BCUT2D eigenvalue weighted by Crippen LogP contribution is -2.55. The van der Waals surface area contributed by atoms with E-state index in [1.807, 2.05) is 60.7 Å². The molecule has 0 radical (unpaired) electrons. The lowest BCUT2D eigenvalue weighted by molar-refractivity contribution is -0.307. The molecule has 1 aromatic heterocycles. The molecule has 5 rings (SSSR count). The van der Waals surface area contributed by atoms with Crippen LogP contribution in [0.25, 0.3) is 22.6 Å². The van der Waals surface area contributed by atoms with Gasteiger partial charge in [-0.25, -0.2) is 4.98 Å². The number of hydrogen-bond donors (Lipinski definition) is 2. The van der Waals surface area contributed by atoms with E-state index in [-0.39, 0.29) is 12.2 Å². The third-order valence-electron chi connectivity index (χ3n) is 7.02. The highest BCUT2D eigenvalue weighted by Gasteiger charge is 2.52. The molecule has 1 aliphatic rings. The summed E-state index contributed by atoms with van der Waals surface area (Å²) < 4.78 is 11.5. The molecule has 0 saturated heterocycles. The molecular formula is C30H28NO6-. The molecule has 0 aliphatic heterocycles. The summed E-state index contributed by atoms with van der Waals surface area (Å²) in [7, 11) is 0. The maximum atomic E-state index is 12.0.